The molecule has 0 aromatic heterocycles. The molecule has 1 aliphatic heterocycles. The molecule has 1 saturated carbocycles. The van der Waals surface area contributed by atoms with Gasteiger partial charge in [0, 0.05) is 4.47 Å². The van der Waals surface area contributed by atoms with Crippen LogP contribution in [-0.2, 0) is 23.9 Å². The van der Waals surface area contributed by atoms with Gasteiger partial charge in [0.2, 0.25) is 11.8 Å². The zero-order valence-electron chi connectivity index (χ0n) is 15.4. The molecule has 0 radical (unpaired) electrons. The van der Waals surface area contributed by atoms with E-state index in [1.54, 1.807) is 18.2 Å². The summed E-state index contributed by atoms with van der Waals surface area (Å²) in [6.07, 6.45) is 4.79. The van der Waals surface area contributed by atoms with E-state index in [2.05, 4.69) is 21.2 Å². The van der Waals surface area contributed by atoms with Crippen molar-refractivity contribution in [2.45, 2.75) is 19.4 Å². The van der Waals surface area contributed by atoms with Crippen LogP contribution in [0.2, 0.25) is 5.02 Å². The third kappa shape index (κ3) is 3.48. The zero-order chi connectivity index (χ0) is 20.9. The largest absolute Gasteiger partial charge is 0.454 e. The van der Waals surface area contributed by atoms with Crippen molar-refractivity contribution in [3.05, 3.63) is 39.8 Å². The number of carbonyl (C=O) groups excluding carboxylic acids is 4. The van der Waals surface area contributed by atoms with Gasteiger partial charge >= 0.3 is 5.97 Å². The number of amides is 3. The molecule has 1 aromatic rings. The molecule has 2 bridgehead atoms. The number of rotatable bonds is 5. The molecule has 152 valence electrons. The van der Waals surface area contributed by atoms with Crippen molar-refractivity contribution >= 4 is 56.9 Å². The molecule has 3 amide bonds. The van der Waals surface area contributed by atoms with Crippen molar-refractivity contribution in [3.63, 3.8) is 0 Å². The number of carbonyl (C=O) groups is 4. The van der Waals surface area contributed by atoms with Gasteiger partial charge in [-0.1, -0.05) is 39.7 Å². The predicted octanol–water partition coefficient (Wildman–Crippen LogP) is 2.78. The average molecular weight is 482 g/mol. The Hall–Kier alpha value is -2.19. The molecular formula is C20H18BrClN2O5. The number of fused-ring (bicyclic) bond motifs is 5. The Bertz CT molecular complexity index is 919. The lowest BCUT2D eigenvalue weighted by atomic mass is 9.85. The minimum atomic E-state index is -1.08. The number of benzene rings is 1. The number of nitrogens with zero attached hydrogens (tertiary/aromatic N) is 1. The normalized spacial score (nSPS) is 27.9. The van der Waals surface area contributed by atoms with E-state index in [0.717, 1.165) is 15.8 Å². The van der Waals surface area contributed by atoms with E-state index >= 15 is 0 Å². The van der Waals surface area contributed by atoms with Crippen LogP contribution in [-0.4, -0.2) is 41.2 Å². The monoisotopic (exact) mass is 480 g/mol. The molecule has 0 unspecified atom stereocenters. The van der Waals surface area contributed by atoms with E-state index < -0.39 is 24.5 Å². The van der Waals surface area contributed by atoms with Crippen LogP contribution in [0.1, 0.15) is 13.3 Å². The smallest absolute Gasteiger partial charge is 0.329 e. The van der Waals surface area contributed by atoms with Gasteiger partial charge in [-0.05, 0) is 43.4 Å². The average Bonchev–Trinajstić information content (AvgIpc) is 3.35. The van der Waals surface area contributed by atoms with E-state index in [-0.39, 0.29) is 35.5 Å². The fraction of sp³-hybridized carbons (Fsp3) is 0.400. The number of imide groups is 1. The predicted molar refractivity (Wildman–Crippen MR) is 108 cm³/mol. The zero-order valence-corrected chi connectivity index (χ0v) is 17.8. The number of ether oxygens (including phenoxy) is 1. The maximum Gasteiger partial charge on any atom is 0.329 e. The molecule has 1 aromatic carbocycles. The van der Waals surface area contributed by atoms with Gasteiger partial charge in [0.1, 0.15) is 6.04 Å². The van der Waals surface area contributed by atoms with Crippen molar-refractivity contribution < 1.29 is 23.9 Å². The molecule has 4 rings (SSSR count). The Morgan fingerprint density at radius 1 is 1.24 bits per heavy atom. The standard InChI is InChI=1S/C20H18BrClN2O5/c1-9(24-18(26)16-10-2-3-11(6-10)17(16)19(24)27)20(28)29-8-15(25)23-14-5-4-12(21)7-13(14)22/h2-5,7,9-11,16-17H,6,8H2,1H3,(H,23,25)/t9-,10+,11+,16+,17+/m1/s1. The fourth-order valence-electron chi connectivity index (χ4n) is 4.45. The van der Waals surface area contributed by atoms with Gasteiger partial charge in [-0.25, -0.2) is 4.79 Å². The van der Waals surface area contributed by atoms with Crippen LogP contribution in [0, 0.1) is 23.7 Å². The maximum atomic E-state index is 12.7. The van der Waals surface area contributed by atoms with Crippen LogP contribution in [0.3, 0.4) is 0 Å². The summed E-state index contributed by atoms with van der Waals surface area (Å²) in [7, 11) is 0. The maximum absolute atomic E-state index is 12.7. The van der Waals surface area contributed by atoms with Gasteiger partial charge in [0.25, 0.3) is 5.91 Å². The Morgan fingerprint density at radius 2 is 1.86 bits per heavy atom. The summed E-state index contributed by atoms with van der Waals surface area (Å²) in [6.45, 7) is 0.892. The van der Waals surface area contributed by atoms with Crippen LogP contribution in [0.5, 0.6) is 0 Å². The first-order chi connectivity index (χ1) is 13.8. The first-order valence-electron chi connectivity index (χ1n) is 9.24. The topological polar surface area (TPSA) is 92.8 Å². The third-order valence-corrected chi connectivity index (χ3v) is 6.59. The molecule has 0 spiro atoms. The van der Waals surface area contributed by atoms with E-state index in [9.17, 15) is 19.2 Å². The third-order valence-electron chi connectivity index (χ3n) is 5.78. The molecule has 1 heterocycles. The van der Waals surface area contributed by atoms with Crippen LogP contribution in [0.15, 0.2) is 34.8 Å². The molecule has 3 aliphatic rings. The molecular weight excluding hydrogens is 464 g/mol. The van der Waals surface area contributed by atoms with Crippen molar-refractivity contribution in [2.75, 3.05) is 11.9 Å². The minimum Gasteiger partial charge on any atom is -0.454 e. The summed E-state index contributed by atoms with van der Waals surface area (Å²) in [5, 5.41) is 2.88. The Morgan fingerprint density at radius 3 is 2.45 bits per heavy atom. The van der Waals surface area contributed by atoms with Crippen molar-refractivity contribution in [3.8, 4) is 0 Å². The lowest BCUT2D eigenvalue weighted by Crippen LogP contribution is -2.45. The number of likely N-dealkylation sites (tertiary alicyclic amines) is 1. The number of anilines is 1. The number of allylic oxidation sites excluding steroid dienone is 2. The highest BCUT2D eigenvalue weighted by Gasteiger charge is 2.60. The highest BCUT2D eigenvalue weighted by molar-refractivity contribution is 9.10. The first kappa shape index (κ1) is 20.1. The molecule has 5 atom stereocenters. The van der Waals surface area contributed by atoms with E-state index in [0.29, 0.717) is 10.7 Å². The Kier molecular flexibility index (Phi) is 5.25. The second-order valence-electron chi connectivity index (χ2n) is 7.50. The van der Waals surface area contributed by atoms with E-state index in [4.69, 9.17) is 16.3 Å². The molecule has 29 heavy (non-hydrogen) atoms. The Labute approximate surface area is 180 Å². The lowest BCUT2D eigenvalue weighted by molar-refractivity contribution is -0.159. The van der Waals surface area contributed by atoms with E-state index in [1.165, 1.54) is 6.92 Å². The summed E-state index contributed by atoms with van der Waals surface area (Å²) >= 11 is 9.31. The molecule has 1 N–H and O–H groups in total. The van der Waals surface area contributed by atoms with Gasteiger partial charge in [0.15, 0.2) is 6.61 Å². The van der Waals surface area contributed by atoms with Gasteiger partial charge in [0.05, 0.1) is 22.5 Å². The Balaban J connectivity index is 1.35. The molecule has 9 heteroatoms. The molecule has 2 fully saturated rings. The number of esters is 1. The quantitative estimate of drug-likeness (QED) is 0.397. The second-order valence-corrected chi connectivity index (χ2v) is 8.83. The summed E-state index contributed by atoms with van der Waals surface area (Å²) in [5.74, 6) is -2.66. The van der Waals surface area contributed by atoms with Crippen molar-refractivity contribution in [1.82, 2.24) is 4.90 Å². The van der Waals surface area contributed by atoms with Gasteiger partial charge in [-0.2, -0.15) is 0 Å². The van der Waals surface area contributed by atoms with Crippen LogP contribution in [0.4, 0.5) is 5.69 Å². The lowest BCUT2D eigenvalue weighted by Gasteiger charge is -2.23. The number of nitrogens with one attached hydrogen (secondary N) is 1. The number of halogens is 2. The van der Waals surface area contributed by atoms with Crippen LogP contribution in [0.25, 0.3) is 0 Å². The van der Waals surface area contributed by atoms with Crippen LogP contribution >= 0.6 is 27.5 Å². The van der Waals surface area contributed by atoms with Gasteiger partial charge < -0.3 is 10.1 Å². The van der Waals surface area contributed by atoms with Crippen LogP contribution < -0.4 is 5.32 Å². The van der Waals surface area contributed by atoms with Crippen molar-refractivity contribution in [2.24, 2.45) is 23.7 Å². The summed E-state index contributed by atoms with van der Waals surface area (Å²) in [5.41, 5.74) is 0.379. The van der Waals surface area contributed by atoms with Gasteiger partial charge in [-0.15, -0.1) is 0 Å². The SMILES string of the molecule is C[C@H](C(=O)OCC(=O)Nc1ccc(Br)cc1Cl)N1C(=O)[C@@H]2[C@@H](C1=O)[C@H]1C=C[C@H]2C1. The molecule has 2 aliphatic carbocycles. The minimum absolute atomic E-state index is 0.0658. The molecule has 1 saturated heterocycles. The first-order valence-corrected chi connectivity index (χ1v) is 10.4. The second kappa shape index (κ2) is 7.57. The number of hydrogen-bond acceptors (Lipinski definition) is 5. The van der Waals surface area contributed by atoms with Crippen molar-refractivity contribution in [1.29, 1.82) is 0 Å². The highest BCUT2D eigenvalue weighted by Crippen LogP contribution is 2.52. The summed E-state index contributed by atoms with van der Waals surface area (Å²) < 4.78 is 5.80. The highest BCUT2D eigenvalue weighted by atomic mass is 79.9. The van der Waals surface area contributed by atoms with E-state index in [1.807, 2.05) is 12.2 Å². The number of hydrogen-bond donors (Lipinski definition) is 1. The fourth-order valence-corrected chi connectivity index (χ4v) is 5.17. The van der Waals surface area contributed by atoms with Gasteiger partial charge in [-0.3, -0.25) is 19.3 Å². The molecule has 7 nitrogen and oxygen atoms in total. The summed E-state index contributed by atoms with van der Waals surface area (Å²) in [6, 6.07) is 3.86. The summed E-state index contributed by atoms with van der Waals surface area (Å²) in [4.78, 5) is 51.0.